The average molecular weight is 308 g/mol. The zero-order valence-electron chi connectivity index (χ0n) is 12.6. The molecule has 2 unspecified atom stereocenters. The van der Waals surface area contributed by atoms with Crippen LogP contribution in [0.2, 0.25) is 0 Å². The van der Waals surface area contributed by atoms with Gasteiger partial charge in [0, 0.05) is 12.6 Å². The van der Waals surface area contributed by atoms with Gasteiger partial charge in [0.15, 0.2) is 9.84 Å². The lowest BCUT2D eigenvalue weighted by atomic mass is 10.0. The van der Waals surface area contributed by atoms with Crippen LogP contribution in [0, 0.1) is 5.92 Å². The van der Waals surface area contributed by atoms with Gasteiger partial charge in [-0.05, 0) is 50.0 Å². The van der Waals surface area contributed by atoms with Crippen molar-refractivity contribution < 1.29 is 8.42 Å². The highest BCUT2D eigenvalue weighted by Gasteiger charge is 2.30. The minimum atomic E-state index is -3.07. The van der Waals surface area contributed by atoms with Gasteiger partial charge >= 0.3 is 0 Å². The van der Waals surface area contributed by atoms with Gasteiger partial charge in [0.2, 0.25) is 0 Å². The minimum absolute atomic E-state index is 0.181. The summed E-state index contributed by atoms with van der Waals surface area (Å²) < 4.78 is 24.3. The Morgan fingerprint density at radius 1 is 1.29 bits per heavy atom. The molecule has 2 aliphatic rings. The van der Waals surface area contributed by atoms with Crippen LogP contribution < -0.4 is 5.32 Å². The molecule has 116 valence electrons. The summed E-state index contributed by atoms with van der Waals surface area (Å²) in [5, 5.41) is 3.61. The Hall–Kier alpha value is -0.910. The van der Waals surface area contributed by atoms with E-state index >= 15 is 0 Å². The third-order valence-electron chi connectivity index (χ3n) is 4.77. The van der Waals surface area contributed by atoms with Crippen LogP contribution in [0.25, 0.3) is 0 Å². The molecule has 0 saturated carbocycles. The molecule has 1 N–H and O–H groups in total. The van der Waals surface area contributed by atoms with E-state index in [9.17, 15) is 8.42 Å². The van der Waals surface area contributed by atoms with Crippen LogP contribution in [-0.4, -0.2) is 45.2 Å². The zero-order chi connectivity index (χ0) is 14.9. The van der Waals surface area contributed by atoms with Crippen molar-refractivity contribution in [3.05, 3.63) is 29.8 Å². The van der Waals surface area contributed by atoms with Gasteiger partial charge in [-0.1, -0.05) is 25.1 Å². The highest BCUT2D eigenvalue weighted by molar-refractivity contribution is 7.91. The number of likely N-dealkylation sites (tertiary alicyclic amines) is 1. The number of nitrogens with zero attached hydrogens (tertiary/aromatic N) is 1. The Labute approximate surface area is 127 Å². The van der Waals surface area contributed by atoms with Gasteiger partial charge in [-0.25, -0.2) is 8.42 Å². The molecule has 2 aliphatic heterocycles. The molecule has 4 nitrogen and oxygen atoms in total. The molecule has 2 heterocycles. The van der Waals surface area contributed by atoms with Gasteiger partial charge in [-0.2, -0.15) is 0 Å². The van der Waals surface area contributed by atoms with Crippen LogP contribution in [0.5, 0.6) is 0 Å². The van der Waals surface area contributed by atoms with Crippen molar-refractivity contribution in [3.63, 3.8) is 0 Å². The molecule has 1 fully saturated rings. The van der Waals surface area contributed by atoms with E-state index < -0.39 is 9.84 Å². The lowest BCUT2D eigenvalue weighted by Crippen LogP contribution is -2.33. The van der Waals surface area contributed by atoms with Gasteiger partial charge in [-0.3, -0.25) is 0 Å². The number of fused-ring (bicyclic) bond motifs is 1. The van der Waals surface area contributed by atoms with Gasteiger partial charge in [0.1, 0.15) is 0 Å². The summed E-state index contributed by atoms with van der Waals surface area (Å²) in [4.78, 5) is 3.00. The number of hydrogen-bond donors (Lipinski definition) is 1. The summed E-state index contributed by atoms with van der Waals surface area (Å²) in [7, 11) is -3.07. The van der Waals surface area contributed by atoms with Crippen molar-refractivity contribution in [1.29, 1.82) is 0 Å². The number of rotatable bonds is 4. The average Bonchev–Trinajstić information content (AvgIpc) is 2.95. The minimum Gasteiger partial charge on any atom is -0.310 e. The zero-order valence-corrected chi connectivity index (χ0v) is 13.4. The van der Waals surface area contributed by atoms with E-state index in [1.165, 1.54) is 13.0 Å². The summed E-state index contributed by atoms with van der Waals surface area (Å²) in [5.41, 5.74) is 0.953. The van der Waals surface area contributed by atoms with Gasteiger partial charge < -0.3 is 10.2 Å². The molecular weight excluding hydrogens is 284 g/mol. The Morgan fingerprint density at radius 2 is 2.10 bits per heavy atom. The fraction of sp³-hybridized carbons (Fsp3) is 0.625. The molecule has 1 aromatic carbocycles. The molecule has 0 bridgehead atoms. The van der Waals surface area contributed by atoms with E-state index in [1.807, 2.05) is 18.2 Å². The Bertz CT molecular complexity index is 600. The lowest BCUT2D eigenvalue weighted by molar-refractivity contribution is 0.333. The molecule has 1 saturated heterocycles. The maximum atomic E-state index is 12.1. The molecular formula is C16H24N2O2S. The molecule has 21 heavy (non-hydrogen) atoms. The largest absolute Gasteiger partial charge is 0.310 e. The smallest absolute Gasteiger partial charge is 0.178 e. The maximum Gasteiger partial charge on any atom is 0.178 e. The molecule has 0 spiro atoms. The van der Waals surface area contributed by atoms with Crippen molar-refractivity contribution in [1.82, 2.24) is 10.2 Å². The van der Waals surface area contributed by atoms with Gasteiger partial charge in [0.25, 0.3) is 0 Å². The van der Waals surface area contributed by atoms with Crippen LogP contribution in [0.15, 0.2) is 29.2 Å². The first-order chi connectivity index (χ1) is 10.1. The quantitative estimate of drug-likeness (QED) is 0.922. The lowest BCUT2D eigenvalue weighted by Gasteiger charge is -2.27. The summed E-state index contributed by atoms with van der Waals surface area (Å²) >= 11 is 0. The van der Waals surface area contributed by atoms with Crippen LogP contribution in [0.3, 0.4) is 0 Å². The molecule has 0 aromatic heterocycles. The molecule has 5 heteroatoms. The van der Waals surface area contributed by atoms with Crippen molar-refractivity contribution in [3.8, 4) is 0 Å². The third kappa shape index (κ3) is 3.15. The number of hydrogen-bond acceptors (Lipinski definition) is 4. The van der Waals surface area contributed by atoms with E-state index in [1.54, 1.807) is 6.07 Å². The fourth-order valence-electron chi connectivity index (χ4n) is 3.48. The van der Waals surface area contributed by atoms with Gasteiger partial charge in [-0.15, -0.1) is 0 Å². The van der Waals surface area contributed by atoms with Crippen LogP contribution >= 0.6 is 0 Å². The predicted octanol–water partition coefficient (Wildman–Crippen LogP) is 1.84. The van der Waals surface area contributed by atoms with Crippen molar-refractivity contribution in [2.75, 3.05) is 31.9 Å². The number of benzene rings is 1. The first-order valence-corrected chi connectivity index (χ1v) is 9.53. The first-order valence-electron chi connectivity index (χ1n) is 7.87. The van der Waals surface area contributed by atoms with Crippen LogP contribution in [0.1, 0.15) is 31.4 Å². The Morgan fingerprint density at radius 3 is 2.86 bits per heavy atom. The summed E-state index contributed by atoms with van der Waals surface area (Å²) in [5.74, 6) is 0.948. The van der Waals surface area contributed by atoms with E-state index in [0.29, 0.717) is 17.2 Å². The fourth-order valence-corrected chi connectivity index (χ4v) is 5.10. The van der Waals surface area contributed by atoms with E-state index in [4.69, 9.17) is 0 Å². The van der Waals surface area contributed by atoms with Crippen molar-refractivity contribution in [2.45, 2.75) is 30.7 Å². The second kappa shape index (κ2) is 6.07. The number of nitrogens with one attached hydrogen (secondary N) is 1. The molecule has 2 atom stereocenters. The Kier molecular flexibility index (Phi) is 4.33. The monoisotopic (exact) mass is 308 g/mol. The highest BCUT2D eigenvalue weighted by Crippen LogP contribution is 2.32. The first kappa shape index (κ1) is 15.0. The normalized spacial score (nSPS) is 28.4. The SMILES string of the molecule is CCN1CCC(CNC2CCS(=O)(=O)c3ccccc32)C1. The van der Waals surface area contributed by atoms with Gasteiger partial charge in [0.05, 0.1) is 10.6 Å². The van der Waals surface area contributed by atoms with E-state index in [0.717, 1.165) is 25.2 Å². The maximum absolute atomic E-state index is 12.1. The van der Waals surface area contributed by atoms with Crippen LogP contribution in [-0.2, 0) is 9.84 Å². The highest BCUT2D eigenvalue weighted by atomic mass is 32.2. The van der Waals surface area contributed by atoms with E-state index in [2.05, 4.69) is 17.1 Å². The van der Waals surface area contributed by atoms with Crippen LogP contribution in [0.4, 0.5) is 0 Å². The van der Waals surface area contributed by atoms with Crippen molar-refractivity contribution >= 4 is 9.84 Å². The molecule has 3 rings (SSSR count). The number of sulfone groups is 1. The van der Waals surface area contributed by atoms with E-state index in [-0.39, 0.29) is 11.8 Å². The molecule has 1 aromatic rings. The third-order valence-corrected chi connectivity index (χ3v) is 6.59. The topological polar surface area (TPSA) is 49.4 Å². The Balaban J connectivity index is 1.67. The summed E-state index contributed by atoms with van der Waals surface area (Å²) in [6.45, 7) is 6.67. The molecule has 0 aliphatic carbocycles. The summed E-state index contributed by atoms with van der Waals surface area (Å²) in [6.07, 6.45) is 1.93. The predicted molar refractivity (Wildman–Crippen MR) is 84.1 cm³/mol. The summed E-state index contributed by atoms with van der Waals surface area (Å²) in [6, 6.07) is 7.63. The molecule has 0 amide bonds. The standard InChI is InChI=1S/C16H24N2O2S/c1-2-18-9-7-13(12-18)11-17-15-8-10-21(19,20)16-6-4-3-5-14(15)16/h3-6,13,15,17H,2,7-12H2,1H3. The van der Waals surface area contributed by atoms with Crippen molar-refractivity contribution in [2.24, 2.45) is 5.92 Å². The second-order valence-corrected chi connectivity index (χ2v) is 8.23. The second-order valence-electron chi connectivity index (χ2n) is 6.15. The molecule has 0 radical (unpaired) electrons.